The van der Waals surface area contributed by atoms with Crippen molar-refractivity contribution in [2.24, 2.45) is 0 Å². The van der Waals surface area contributed by atoms with Gasteiger partial charge in [0.2, 0.25) is 0 Å². The van der Waals surface area contributed by atoms with Crippen LogP contribution < -0.4 is 0 Å². The van der Waals surface area contributed by atoms with Gasteiger partial charge in [0.25, 0.3) is 0 Å². The molecule has 0 heterocycles. The molecule has 16 heavy (non-hydrogen) atoms. The summed E-state index contributed by atoms with van der Waals surface area (Å²) in [7, 11) is 0. The van der Waals surface area contributed by atoms with Crippen molar-refractivity contribution in [1.82, 2.24) is 0 Å². The molecule has 2 nitrogen and oxygen atoms in total. The van der Waals surface area contributed by atoms with Crippen LogP contribution in [0.2, 0.25) is 0 Å². The maximum absolute atomic E-state index is 5.55. The van der Waals surface area contributed by atoms with E-state index in [1.54, 1.807) is 0 Å². The fourth-order valence-electron chi connectivity index (χ4n) is 1.18. The lowest BCUT2D eigenvalue weighted by molar-refractivity contribution is -0.0376. The van der Waals surface area contributed by atoms with Crippen LogP contribution in [0, 0.1) is 0 Å². The Bertz CT molecular complexity index is 301. The highest BCUT2D eigenvalue weighted by atomic mass is 79.9. The molecule has 0 aromatic heterocycles. The SMILES string of the molecule is CC(C)(C)OCCOCc1ccc(Br)cc1. The van der Waals surface area contributed by atoms with Crippen molar-refractivity contribution in [2.45, 2.75) is 33.0 Å². The summed E-state index contributed by atoms with van der Waals surface area (Å²) in [5, 5.41) is 0. The van der Waals surface area contributed by atoms with Gasteiger partial charge in [-0.1, -0.05) is 28.1 Å². The van der Waals surface area contributed by atoms with E-state index in [4.69, 9.17) is 9.47 Å². The Morgan fingerprint density at radius 3 is 2.25 bits per heavy atom. The molecule has 0 amide bonds. The average Bonchev–Trinajstić information content (AvgIpc) is 2.19. The Kier molecular flexibility index (Phi) is 5.46. The Labute approximate surface area is 106 Å². The van der Waals surface area contributed by atoms with Crippen LogP contribution in [0.3, 0.4) is 0 Å². The normalized spacial score (nSPS) is 11.8. The van der Waals surface area contributed by atoms with Crippen LogP contribution in [0.25, 0.3) is 0 Å². The lowest BCUT2D eigenvalue weighted by atomic mass is 10.2. The lowest BCUT2D eigenvalue weighted by Gasteiger charge is -2.19. The molecule has 0 saturated heterocycles. The van der Waals surface area contributed by atoms with E-state index in [0.29, 0.717) is 19.8 Å². The Morgan fingerprint density at radius 1 is 1.06 bits per heavy atom. The zero-order valence-electron chi connectivity index (χ0n) is 10.1. The Balaban J connectivity index is 2.14. The van der Waals surface area contributed by atoms with E-state index < -0.39 is 0 Å². The highest BCUT2D eigenvalue weighted by Gasteiger charge is 2.08. The predicted molar refractivity (Wildman–Crippen MR) is 69.5 cm³/mol. The fourth-order valence-corrected chi connectivity index (χ4v) is 1.44. The number of rotatable bonds is 5. The van der Waals surface area contributed by atoms with Crippen LogP contribution in [0.5, 0.6) is 0 Å². The molecule has 0 aliphatic heterocycles. The molecule has 1 aromatic carbocycles. The maximum Gasteiger partial charge on any atom is 0.0718 e. The molecule has 0 aliphatic rings. The van der Waals surface area contributed by atoms with E-state index in [1.165, 1.54) is 5.56 Å². The van der Waals surface area contributed by atoms with Gasteiger partial charge in [0.05, 0.1) is 25.4 Å². The van der Waals surface area contributed by atoms with Crippen molar-refractivity contribution in [3.63, 3.8) is 0 Å². The van der Waals surface area contributed by atoms with E-state index >= 15 is 0 Å². The second kappa shape index (κ2) is 6.38. The molecule has 0 aliphatic carbocycles. The Hall–Kier alpha value is -0.380. The summed E-state index contributed by atoms with van der Waals surface area (Å²) in [5.41, 5.74) is 1.10. The molecule has 0 atom stereocenters. The number of benzene rings is 1. The van der Waals surface area contributed by atoms with Crippen molar-refractivity contribution in [3.05, 3.63) is 34.3 Å². The van der Waals surface area contributed by atoms with Gasteiger partial charge in [-0.25, -0.2) is 0 Å². The first-order valence-electron chi connectivity index (χ1n) is 5.43. The van der Waals surface area contributed by atoms with Crippen LogP contribution in [-0.4, -0.2) is 18.8 Å². The molecule has 1 aromatic rings. The molecule has 0 N–H and O–H groups in total. The molecular formula is C13H19BrO2. The highest BCUT2D eigenvalue weighted by Crippen LogP contribution is 2.11. The molecular weight excluding hydrogens is 268 g/mol. The molecule has 3 heteroatoms. The van der Waals surface area contributed by atoms with E-state index in [0.717, 1.165) is 4.47 Å². The zero-order chi connectivity index (χ0) is 12.0. The third-order valence-corrected chi connectivity index (χ3v) is 2.47. The van der Waals surface area contributed by atoms with Crippen molar-refractivity contribution in [3.8, 4) is 0 Å². The van der Waals surface area contributed by atoms with Crippen molar-refractivity contribution in [2.75, 3.05) is 13.2 Å². The van der Waals surface area contributed by atoms with E-state index in [2.05, 4.69) is 28.1 Å². The van der Waals surface area contributed by atoms with Crippen molar-refractivity contribution < 1.29 is 9.47 Å². The molecule has 1 rings (SSSR count). The molecule has 0 radical (unpaired) electrons. The van der Waals surface area contributed by atoms with Crippen molar-refractivity contribution >= 4 is 15.9 Å². The van der Waals surface area contributed by atoms with E-state index in [1.807, 2.05) is 32.9 Å². The summed E-state index contributed by atoms with van der Waals surface area (Å²) in [5.74, 6) is 0. The molecule has 0 saturated carbocycles. The summed E-state index contributed by atoms with van der Waals surface area (Å²) in [6.45, 7) is 8.04. The molecule has 0 fully saturated rings. The van der Waals surface area contributed by atoms with Gasteiger partial charge in [-0.15, -0.1) is 0 Å². The zero-order valence-corrected chi connectivity index (χ0v) is 11.7. The van der Waals surface area contributed by atoms with Gasteiger partial charge < -0.3 is 9.47 Å². The predicted octanol–water partition coefficient (Wildman–Crippen LogP) is 3.78. The minimum Gasteiger partial charge on any atom is -0.374 e. The van der Waals surface area contributed by atoms with Crippen molar-refractivity contribution in [1.29, 1.82) is 0 Å². The topological polar surface area (TPSA) is 18.5 Å². The Morgan fingerprint density at radius 2 is 1.69 bits per heavy atom. The van der Waals surface area contributed by atoms with Gasteiger partial charge in [-0.2, -0.15) is 0 Å². The van der Waals surface area contributed by atoms with Crippen LogP contribution in [-0.2, 0) is 16.1 Å². The summed E-state index contributed by atoms with van der Waals surface area (Å²) in [4.78, 5) is 0. The molecule has 90 valence electrons. The lowest BCUT2D eigenvalue weighted by Crippen LogP contribution is -2.21. The van der Waals surface area contributed by atoms with Gasteiger partial charge in [0, 0.05) is 4.47 Å². The van der Waals surface area contributed by atoms with Gasteiger partial charge in [-0.3, -0.25) is 0 Å². The highest BCUT2D eigenvalue weighted by molar-refractivity contribution is 9.10. The third-order valence-electron chi connectivity index (χ3n) is 1.94. The van der Waals surface area contributed by atoms with E-state index in [9.17, 15) is 0 Å². The molecule has 0 bridgehead atoms. The summed E-state index contributed by atoms with van der Waals surface area (Å²) in [6, 6.07) is 8.14. The number of hydrogen-bond donors (Lipinski definition) is 0. The van der Waals surface area contributed by atoms with Gasteiger partial charge in [0.1, 0.15) is 0 Å². The monoisotopic (exact) mass is 286 g/mol. The number of hydrogen-bond acceptors (Lipinski definition) is 2. The minimum atomic E-state index is -0.0824. The van der Waals surface area contributed by atoms with Crippen LogP contribution >= 0.6 is 15.9 Å². The average molecular weight is 287 g/mol. The quantitative estimate of drug-likeness (QED) is 0.767. The second-order valence-electron chi connectivity index (χ2n) is 4.64. The number of halogens is 1. The van der Waals surface area contributed by atoms with Gasteiger partial charge in [-0.05, 0) is 38.5 Å². The van der Waals surface area contributed by atoms with Gasteiger partial charge in [0.15, 0.2) is 0 Å². The summed E-state index contributed by atoms with van der Waals surface area (Å²) >= 11 is 3.40. The molecule has 0 spiro atoms. The van der Waals surface area contributed by atoms with Gasteiger partial charge >= 0.3 is 0 Å². The van der Waals surface area contributed by atoms with Crippen LogP contribution in [0.4, 0.5) is 0 Å². The first-order valence-corrected chi connectivity index (χ1v) is 6.23. The first kappa shape index (κ1) is 13.7. The maximum atomic E-state index is 5.55. The van der Waals surface area contributed by atoms with E-state index in [-0.39, 0.29) is 5.60 Å². The largest absolute Gasteiger partial charge is 0.374 e. The van der Waals surface area contributed by atoms with Crippen LogP contribution in [0.15, 0.2) is 28.7 Å². The standard InChI is InChI=1S/C13H19BrO2/c1-13(2,3)16-9-8-15-10-11-4-6-12(14)7-5-11/h4-7H,8-10H2,1-3H3. The third kappa shape index (κ3) is 6.26. The molecule has 0 unspecified atom stereocenters. The fraction of sp³-hybridized carbons (Fsp3) is 0.538. The second-order valence-corrected chi connectivity index (χ2v) is 5.56. The van der Waals surface area contributed by atoms with Crippen LogP contribution in [0.1, 0.15) is 26.3 Å². The smallest absolute Gasteiger partial charge is 0.0718 e. The summed E-state index contributed by atoms with van der Waals surface area (Å²) < 4.78 is 12.2. The minimum absolute atomic E-state index is 0.0824. The first-order chi connectivity index (χ1) is 7.47. The number of ether oxygens (including phenoxy) is 2. The summed E-state index contributed by atoms with van der Waals surface area (Å²) in [6.07, 6.45) is 0.